The van der Waals surface area contributed by atoms with Crippen LogP contribution in [0.4, 0.5) is 10.5 Å². The molecule has 23 heavy (non-hydrogen) atoms. The van der Waals surface area contributed by atoms with Gasteiger partial charge in [-0.25, -0.2) is 9.48 Å². The molecule has 0 radical (unpaired) electrons. The van der Waals surface area contributed by atoms with E-state index in [0.29, 0.717) is 18.7 Å². The van der Waals surface area contributed by atoms with Gasteiger partial charge in [0.15, 0.2) is 0 Å². The zero-order chi connectivity index (χ0) is 16.8. The van der Waals surface area contributed by atoms with Crippen molar-refractivity contribution in [2.45, 2.75) is 26.7 Å². The number of nitrogens with one attached hydrogen (secondary N) is 2. The fourth-order valence-electron chi connectivity index (χ4n) is 2.24. The van der Waals surface area contributed by atoms with Crippen molar-refractivity contribution in [3.8, 4) is 5.69 Å². The average molecular weight is 316 g/mol. The number of para-hydroxylation sites is 2. The van der Waals surface area contributed by atoms with Gasteiger partial charge in [-0.2, -0.15) is 5.10 Å². The number of carbonyl (C=O) groups is 2. The largest absolute Gasteiger partial charge is 0.481 e. The Balaban J connectivity index is 2.05. The van der Waals surface area contributed by atoms with E-state index in [1.807, 2.05) is 38.1 Å². The zero-order valence-corrected chi connectivity index (χ0v) is 13.2. The van der Waals surface area contributed by atoms with Gasteiger partial charge < -0.3 is 15.7 Å². The Hall–Kier alpha value is -2.83. The van der Waals surface area contributed by atoms with Gasteiger partial charge in [0.05, 0.1) is 17.1 Å². The van der Waals surface area contributed by atoms with Crippen LogP contribution in [-0.2, 0) is 4.79 Å². The number of aliphatic carboxylic acids is 1. The maximum absolute atomic E-state index is 11.9. The van der Waals surface area contributed by atoms with Crippen LogP contribution in [-0.4, -0.2) is 33.4 Å². The minimum atomic E-state index is -0.873. The van der Waals surface area contributed by atoms with Crippen LogP contribution in [0.15, 0.2) is 30.3 Å². The topological polar surface area (TPSA) is 96.2 Å². The van der Waals surface area contributed by atoms with Crippen LogP contribution in [0.25, 0.3) is 5.69 Å². The number of carbonyl (C=O) groups excluding carboxylic acids is 1. The van der Waals surface area contributed by atoms with Gasteiger partial charge >= 0.3 is 12.0 Å². The SMILES string of the molecule is Cc1cc(C)n(-c2ccccc2NC(=O)NCCCC(=O)O)n1. The number of nitrogens with zero attached hydrogens (tertiary/aromatic N) is 2. The molecule has 0 saturated carbocycles. The smallest absolute Gasteiger partial charge is 0.319 e. The number of aryl methyl sites for hydroxylation is 2. The molecule has 0 aliphatic heterocycles. The first-order valence-corrected chi connectivity index (χ1v) is 7.36. The lowest BCUT2D eigenvalue weighted by atomic mass is 10.2. The molecular formula is C16H20N4O3. The summed E-state index contributed by atoms with van der Waals surface area (Å²) in [7, 11) is 0. The van der Waals surface area contributed by atoms with Gasteiger partial charge in [-0.05, 0) is 38.5 Å². The second-order valence-corrected chi connectivity index (χ2v) is 5.23. The standard InChI is InChI=1S/C16H20N4O3/c1-11-10-12(2)20(19-11)14-7-4-3-6-13(14)18-16(23)17-9-5-8-15(21)22/h3-4,6-7,10H,5,8-9H2,1-2H3,(H,21,22)(H2,17,18,23). The van der Waals surface area contributed by atoms with E-state index in [2.05, 4.69) is 15.7 Å². The highest BCUT2D eigenvalue weighted by atomic mass is 16.4. The number of carboxylic acid groups (broad SMARTS) is 1. The van der Waals surface area contributed by atoms with Crippen molar-refractivity contribution in [3.05, 3.63) is 41.7 Å². The van der Waals surface area contributed by atoms with E-state index in [1.165, 1.54) is 0 Å². The molecule has 0 saturated heterocycles. The van der Waals surface area contributed by atoms with Crippen LogP contribution in [0.5, 0.6) is 0 Å². The molecule has 2 aromatic rings. The van der Waals surface area contributed by atoms with Crippen LogP contribution in [0, 0.1) is 13.8 Å². The molecule has 0 spiro atoms. The van der Waals surface area contributed by atoms with Crippen molar-refractivity contribution < 1.29 is 14.7 Å². The molecule has 0 aliphatic rings. The minimum Gasteiger partial charge on any atom is -0.481 e. The molecule has 122 valence electrons. The predicted molar refractivity (Wildman–Crippen MR) is 86.9 cm³/mol. The van der Waals surface area contributed by atoms with Gasteiger partial charge in [0.2, 0.25) is 0 Å². The van der Waals surface area contributed by atoms with Gasteiger partial charge in [0.1, 0.15) is 0 Å². The summed E-state index contributed by atoms with van der Waals surface area (Å²) in [6.07, 6.45) is 0.421. The summed E-state index contributed by atoms with van der Waals surface area (Å²) >= 11 is 0. The number of amides is 2. The van der Waals surface area contributed by atoms with Crippen molar-refractivity contribution in [1.82, 2.24) is 15.1 Å². The van der Waals surface area contributed by atoms with Gasteiger partial charge in [-0.15, -0.1) is 0 Å². The highest BCUT2D eigenvalue weighted by Crippen LogP contribution is 2.21. The van der Waals surface area contributed by atoms with Gasteiger partial charge in [0.25, 0.3) is 0 Å². The first-order chi connectivity index (χ1) is 11.0. The Morgan fingerprint density at radius 2 is 2.00 bits per heavy atom. The summed E-state index contributed by atoms with van der Waals surface area (Å²) < 4.78 is 1.77. The van der Waals surface area contributed by atoms with Crippen molar-refractivity contribution in [3.63, 3.8) is 0 Å². The third kappa shape index (κ3) is 4.57. The molecule has 1 heterocycles. The summed E-state index contributed by atoms with van der Waals surface area (Å²) in [5, 5.41) is 18.4. The molecule has 0 atom stereocenters. The van der Waals surface area contributed by atoms with Gasteiger partial charge in [0, 0.05) is 18.7 Å². The van der Waals surface area contributed by atoms with Crippen molar-refractivity contribution >= 4 is 17.7 Å². The van der Waals surface area contributed by atoms with E-state index in [1.54, 1.807) is 10.7 Å². The van der Waals surface area contributed by atoms with E-state index in [0.717, 1.165) is 17.1 Å². The molecule has 1 aromatic heterocycles. The third-order valence-electron chi connectivity index (χ3n) is 3.24. The number of hydrogen-bond donors (Lipinski definition) is 3. The molecule has 0 aliphatic carbocycles. The third-order valence-corrected chi connectivity index (χ3v) is 3.24. The van der Waals surface area contributed by atoms with E-state index in [9.17, 15) is 9.59 Å². The Labute approximate surface area is 134 Å². The summed E-state index contributed by atoms with van der Waals surface area (Å²) in [5.41, 5.74) is 3.28. The van der Waals surface area contributed by atoms with Crippen LogP contribution < -0.4 is 10.6 Å². The average Bonchev–Trinajstić information content (AvgIpc) is 2.82. The number of benzene rings is 1. The number of urea groups is 1. The second kappa shape index (κ2) is 7.44. The Bertz CT molecular complexity index is 709. The second-order valence-electron chi connectivity index (χ2n) is 5.23. The van der Waals surface area contributed by atoms with Crippen molar-refractivity contribution in [2.75, 3.05) is 11.9 Å². The summed E-state index contributed by atoms with van der Waals surface area (Å²) in [6, 6.07) is 8.96. The normalized spacial score (nSPS) is 10.3. The highest BCUT2D eigenvalue weighted by molar-refractivity contribution is 5.91. The lowest BCUT2D eigenvalue weighted by molar-refractivity contribution is -0.137. The van der Waals surface area contributed by atoms with Crippen LogP contribution >= 0.6 is 0 Å². The monoisotopic (exact) mass is 316 g/mol. The Kier molecular flexibility index (Phi) is 5.35. The minimum absolute atomic E-state index is 0.0304. The van der Waals surface area contributed by atoms with E-state index in [-0.39, 0.29) is 12.5 Å². The quantitative estimate of drug-likeness (QED) is 0.713. The molecule has 0 bridgehead atoms. The molecule has 3 N–H and O–H groups in total. The molecule has 0 fully saturated rings. The van der Waals surface area contributed by atoms with E-state index >= 15 is 0 Å². The van der Waals surface area contributed by atoms with Crippen LogP contribution in [0.2, 0.25) is 0 Å². The highest BCUT2D eigenvalue weighted by Gasteiger charge is 2.10. The number of aromatic nitrogens is 2. The molecule has 7 heteroatoms. The molecule has 1 aromatic carbocycles. The maximum atomic E-state index is 11.9. The number of anilines is 1. The number of rotatable bonds is 6. The zero-order valence-electron chi connectivity index (χ0n) is 13.2. The summed E-state index contributed by atoms with van der Waals surface area (Å²) in [6.45, 7) is 4.16. The molecule has 2 rings (SSSR count). The van der Waals surface area contributed by atoms with Crippen molar-refractivity contribution in [2.24, 2.45) is 0 Å². The molecule has 0 unspecified atom stereocenters. The van der Waals surface area contributed by atoms with E-state index in [4.69, 9.17) is 5.11 Å². The van der Waals surface area contributed by atoms with E-state index < -0.39 is 5.97 Å². The van der Waals surface area contributed by atoms with Gasteiger partial charge in [-0.1, -0.05) is 12.1 Å². The number of hydrogen-bond acceptors (Lipinski definition) is 3. The molecule has 2 amide bonds. The fourth-order valence-corrected chi connectivity index (χ4v) is 2.24. The van der Waals surface area contributed by atoms with Crippen LogP contribution in [0.1, 0.15) is 24.2 Å². The Morgan fingerprint density at radius 3 is 2.65 bits per heavy atom. The Morgan fingerprint density at radius 1 is 1.26 bits per heavy atom. The van der Waals surface area contributed by atoms with Gasteiger partial charge in [-0.3, -0.25) is 4.79 Å². The number of carboxylic acids is 1. The lowest BCUT2D eigenvalue weighted by Gasteiger charge is -2.13. The first kappa shape index (κ1) is 16.5. The lowest BCUT2D eigenvalue weighted by Crippen LogP contribution is -2.30. The molecular weight excluding hydrogens is 296 g/mol. The maximum Gasteiger partial charge on any atom is 0.319 e. The summed E-state index contributed by atoms with van der Waals surface area (Å²) in [5.74, 6) is -0.873. The predicted octanol–water partition coefficient (Wildman–Crippen LogP) is 2.48. The summed E-state index contributed by atoms with van der Waals surface area (Å²) in [4.78, 5) is 22.4. The van der Waals surface area contributed by atoms with Crippen LogP contribution in [0.3, 0.4) is 0 Å². The first-order valence-electron chi connectivity index (χ1n) is 7.36. The van der Waals surface area contributed by atoms with Crippen molar-refractivity contribution in [1.29, 1.82) is 0 Å². The fraction of sp³-hybridized carbons (Fsp3) is 0.312. The molecule has 7 nitrogen and oxygen atoms in total.